The summed E-state index contributed by atoms with van der Waals surface area (Å²) in [7, 11) is 2.07. The molecule has 0 radical (unpaired) electrons. The topological polar surface area (TPSA) is 71.2 Å². The summed E-state index contributed by atoms with van der Waals surface area (Å²) >= 11 is 5.82. The van der Waals surface area contributed by atoms with E-state index in [0.717, 1.165) is 6.54 Å². The lowest BCUT2D eigenvalue weighted by molar-refractivity contribution is 0.0949. The lowest BCUT2D eigenvalue weighted by atomic mass is 10.2. The molecule has 0 aromatic carbocycles. The van der Waals surface area contributed by atoms with Crippen molar-refractivity contribution in [3.63, 3.8) is 0 Å². The predicted molar refractivity (Wildman–Crippen MR) is 71.6 cm³/mol. The Labute approximate surface area is 111 Å². The van der Waals surface area contributed by atoms with Gasteiger partial charge >= 0.3 is 0 Å². The molecule has 0 unspecified atom stereocenters. The van der Waals surface area contributed by atoms with E-state index in [4.69, 9.17) is 17.3 Å². The third-order valence-corrected chi connectivity index (χ3v) is 3.35. The Kier molecular flexibility index (Phi) is 4.04. The zero-order valence-corrected chi connectivity index (χ0v) is 11.1. The van der Waals surface area contributed by atoms with Crippen molar-refractivity contribution < 1.29 is 4.79 Å². The van der Waals surface area contributed by atoms with Gasteiger partial charge in [-0.25, -0.2) is 4.98 Å². The zero-order valence-electron chi connectivity index (χ0n) is 10.3. The van der Waals surface area contributed by atoms with Crippen molar-refractivity contribution in [3.8, 4) is 0 Å². The van der Waals surface area contributed by atoms with Gasteiger partial charge in [0.15, 0.2) is 0 Å². The summed E-state index contributed by atoms with van der Waals surface area (Å²) in [5.74, 6) is 0.0651. The van der Waals surface area contributed by atoms with Crippen molar-refractivity contribution in [1.82, 2.24) is 15.2 Å². The first-order chi connectivity index (χ1) is 8.58. The Bertz CT molecular complexity index is 448. The molecule has 18 heavy (non-hydrogen) atoms. The molecular weight excluding hydrogens is 252 g/mol. The van der Waals surface area contributed by atoms with Gasteiger partial charge in [-0.3, -0.25) is 4.79 Å². The maximum Gasteiger partial charge on any atom is 0.252 e. The molecular formula is C12H17ClN4O. The highest BCUT2D eigenvalue weighted by Crippen LogP contribution is 2.24. The molecule has 6 heteroatoms. The fourth-order valence-electron chi connectivity index (χ4n) is 1.72. The van der Waals surface area contributed by atoms with Crippen molar-refractivity contribution in [2.75, 3.05) is 25.9 Å². The van der Waals surface area contributed by atoms with Crippen LogP contribution in [0.5, 0.6) is 0 Å². The van der Waals surface area contributed by atoms with Gasteiger partial charge < -0.3 is 16.0 Å². The minimum atomic E-state index is -0.173. The van der Waals surface area contributed by atoms with E-state index < -0.39 is 0 Å². The minimum Gasteiger partial charge on any atom is -0.382 e. The second-order valence-electron chi connectivity index (χ2n) is 4.56. The highest BCUT2D eigenvalue weighted by atomic mass is 35.5. The third kappa shape index (κ3) is 3.34. The van der Waals surface area contributed by atoms with E-state index in [0.29, 0.717) is 23.2 Å². The number of pyridine rings is 1. The van der Waals surface area contributed by atoms with Gasteiger partial charge in [-0.1, -0.05) is 11.6 Å². The summed E-state index contributed by atoms with van der Waals surface area (Å²) in [6.07, 6.45) is 3.96. The summed E-state index contributed by atoms with van der Waals surface area (Å²) in [5, 5.41) is 3.14. The van der Waals surface area contributed by atoms with Crippen LogP contribution in [-0.4, -0.2) is 42.0 Å². The van der Waals surface area contributed by atoms with E-state index in [1.807, 2.05) is 0 Å². The average molecular weight is 269 g/mol. The summed E-state index contributed by atoms with van der Waals surface area (Å²) in [6.45, 7) is 1.47. The molecule has 2 rings (SSSR count). The molecule has 0 bridgehead atoms. The Balaban J connectivity index is 1.81. The highest BCUT2D eigenvalue weighted by molar-refractivity contribution is 6.33. The normalized spacial score (nSPS) is 14.8. The molecule has 0 atom stereocenters. The van der Waals surface area contributed by atoms with E-state index >= 15 is 0 Å². The van der Waals surface area contributed by atoms with E-state index in [2.05, 4.69) is 22.2 Å². The van der Waals surface area contributed by atoms with Crippen LogP contribution in [0.1, 0.15) is 23.2 Å². The van der Waals surface area contributed by atoms with Crippen LogP contribution in [0.15, 0.2) is 12.3 Å². The number of hydrogen-bond acceptors (Lipinski definition) is 4. The van der Waals surface area contributed by atoms with E-state index in [1.165, 1.54) is 25.1 Å². The second kappa shape index (κ2) is 5.54. The summed E-state index contributed by atoms with van der Waals surface area (Å²) in [5.41, 5.74) is 5.92. The van der Waals surface area contributed by atoms with E-state index in [1.54, 1.807) is 0 Å². The highest BCUT2D eigenvalue weighted by Gasteiger charge is 2.25. The van der Waals surface area contributed by atoms with Crippen molar-refractivity contribution in [3.05, 3.63) is 22.8 Å². The molecule has 1 aromatic heterocycles. The minimum absolute atomic E-state index is 0.173. The number of carbonyl (C=O) groups excluding carboxylic acids is 1. The molecule has 1 aromatic rings. The van der Waals surface area contributed by atoms with Crippen LogP contribution in [0.3, 0.4) is 0 Å². The number of carbonyl (C=O) groups is 1. The van der Waals surface area contributed by atoms with Gasteiger partial charge in [-0.15, -0.1) is 0 Å². The van der Waals surface area contributed by atoms with Gasteiger partial charge in [-0.2, -0.15) is 0 Å². The van der Waals surface area contributed by atoms with Gasteiger partial charge in [0.2, 0.25) is 0 Å². The van der Waals surface area contributed by atoms with Gasteiger partial charge in [0.25, 0.3) is 5.91 Å². The number of nitrogen functional groups attached to an aromatic ring is 1. The monoisotopic (exact) mass is 268 g/mol. The molecule has 5 nitrogen and oxygen atoms in total. The Morgan fingerprint density at radius 3 is 3.00 bits per heavy atom. The zero-order chi connectivity index (χ0) is 13.1. The Morgan fingerprint density at radius 1 is 1.67 bits per heavy atom. The number of likely N-dealkylation sites (N-methyl/N-ethyl adjacent to an activating group) is 1. The predicted octanol–water partition coefficient (Wildman–Crippen LogP) is 1.14. The number of nitrogens with zero attached hydrogens (tertiary/aromatic N) is 2. The molecule has 1 fully saturated rings. The Morgan fingerprint density at radius 2 is 2.39 bits per heavy atom. The number of aromatic nitrogens is 1. The largest absolute Gasteiger partial charge is 0.382 e. The number of amides is 1. The number of nitrogens with two attached hydrogens (primary N) is 1. The standard InChI is InChI=1S/C12H17ClN4O/c1-17(9-2-3-9)5-4-15-12(18)8-6-10(13)11(14)16-7-8/h6-7,9H,2-5H2,1H3,(H2,14,16)(H,15,18). The molecule has 0 aliphatic heterocycles. The average Bonchev–Trinajstić information content (AvgIpc) is 3.16. The van der Waals surface area contributed by atoms with Crippen molar-refractivity contribution >= 4 is 23.3 Å². The van der Waals surface area contributed by atoms with Crippen molar-refractivity contribution in [2.45, 2.75) is 18.9 Å². The molecule has 1 aliphatic rings. The fraction of sp³-hybridized carbons (Fsp3) is 0.500. The first-order valence-electron chi connectivity index (χ1n) is 5.97. The maximum absolute atomic E-state index is 11.8. The van der Waals surface area contributed by atoms with Gasteiger partial charge in [0, 0.05) is 25.3 Å². The van der Waals surface area contributed by atoms with Crippen molar-refractivity contribution in [2.24, 2.45) is 0 Å². The molecule has 1 heterocycles. The molecule has 98 valence electrons. The SMILES string of the molecule is CN(CCNC(=O)c1cnc(N)c(Cl)c1)C1CC1. The van der Waals surface area contributed by atoms with Crippen LogP contribution in [0.4, 0.5) is 5.82 Å². The van der Waals surface area contributed by atoms with Gasteiger partial charge in [0.05, 0.1) is 10.6 Å². The van der Waals surface area contributed by atoms with Crippen LogP contribution in [0, 0.1) is 0 Å². The summed E-state index contributed by atoms with van der Waals surface area (Å²) in [6, 6.07) is 2.23. The fourth-order valence-corrected chi connectivity index (χ4v) is 1.88. The molecule has 1 saturated carbocycles. The lowest BCUT2D eigenvalue weighted by Crippen LogP contribution is -2.34. The van der Waals surface area contributed by atoms with Crippen LogP contribution in [0.25, 0.3) is 0 Å². The third-order valence-electron chi connectivity index (χ3n) is 3.05. The van der Waals surface area contributed by atoms with Crippen LogP contribution >= 0.6 is 11.6 Å². The number of hydrogen-bond donors (Lipinski definition) is 2. The summed E-state index contributed by atoms with van der Waals surface area (Å²) < 4.78 is 0. The van der Waals surface area contributed by atoms with E-state index in [-0.39, 0.29) is 11.7 Å². The first-order valence-corrected chi connectivity index (χ1v) is 6.35. The number of nitrogens with one attached hydrogen (secondary N) is 1. The first kappa shape index (κ1) is 13.1. The van der Waals surface area contributed by atoms with Crippen LogP contribution in [-0.2, 0) is 0 Å². The molecule has 1 amide bonds. The van der Waals surface area contributed by atoms with Gasteiger partial charge in [-0.05, 0) is 26.0 Å². The maximum atomic E-state index is 11.8. The molecule has 1 aliphatic carbocycles. The van der Waals surface area contributed by atoms with Crippen LogP contribution < -0.4 is 11.1 Å². The van der Waals surface area contributed by atoms with Gasteiger partial charge in [0.1, 0.15) is 5.82 Å². The number of anilines is 1. The number of rotatable bonds is 5. The van der Waals surface area contributed by atoms with E-state index in [9.17, 15) is 4.79 Å². The smallest absolute Gasteiger partial charge is 0.252 e. The molecule has 3 N–H and O–H groups in total. The second-order valence-corrected chi connectivity index (χ2v) is 4.97. The lowest BCUT2D eigenvalue weighted by Gasteiger charge is -2.15. The molecule has 0 saturated heterocycles. The molecule has 0 spiro atoms. The quantitative estimate of drug-likeness (QED) is 0.840. The Hall–Kier alpha value is -1.33. The summed E-state index contributed by atoms with van der Waals surface area (Å²) in [4.78, 5) is 17.9. The van der Waals surface area contributed by atoms with Crippen LogP contribution in [0.2, 0.25) is 5.02 Å². The number of halogens is 1. The van der Waals surface area contributed by atoms with Crippen molar-refractivity contribution in [1.29, 1.82) is 0 Å².